The summed E-state index contributed by atoms with van der Waals surface area (Å²) in [5.41, 5.74) is 4.93. The highest BCUT2D eigenvalue weighted by molar-refractivity contribution is 5.75. The number of anilines is 1. The Morgan fingerprint density at radius 2 is 1.72 bits per heavy atom. The Morgan fingerprint density at radius 3 is 2.31 bits per heavy atom. The van der Waals surface area contributed by atoms with E-state index in [1.807, 2.05) is 12.1 Å². The summed E-state index contributed by atoms with van der Waals surface area (Å²) in [5.74, 6) is 0.916. The maximum Gasteiger partial charge on any atom is 0.150 e. The number of rotatable bonds is 7. The number of nitrogens with zero attached hydrogens (tertiary/aromatic N) is 2. The molecule has 1 atom stereocenters. The minimum atomic E-state index is 0.491. The Kier molecular flexibility index (Phi) is 6.30. The average Bonchev–Trinajstić information content (AvgIpc) is 3.33. The lowest BCUT2D eigenvalue weighted by Gasteiger charge is -2.41. The van der Waals surface area contributed by atoms with Gasteiger partial charge in [-0.25, -0.2) is 0 Å². The molecular weight excluding hydrogens is 360 g/mol. The maximum absolute atomic E-state index is 10.9. The van der Waals surface area contributed by atoms with Gasteiger partial charge in [0, 0.05) is 43.5 Å². The second-order valence-corrected chi connectivity index (χ2v) is 7.97. The molecule has 152 valence electrons. The lowest BCUT2D eigenvalue weighted by molar-refractivity contribution is 0.112. The fourth-order valence-corrected chi connectivity index (χ4v) is 4.53. The monoisotopic (exact) mass is 390 g/mol. The summed E-state index contributed by atoms with van der Waals surface area (Å²) in [6.45, 7) is 4.17. The van der Waals surface area contributed by atoms with E-state index in [-0.39, 0.29) is 0 Å². The van der Waals surface area contributed by atoms with Crippen LogP contribution in [0.3, 0.4) is 0 Å². The molecule has 4 heteroatoms. The SMILES string of the molecule is COc1ccc(CC(C2=CCCC2)N2CCN(c3ccc(C=O)cc3)CC2)cc1. The van der Waals surface area contributed by atoms with Crippen molar-refractivity contribution >= 4 is 12.0 Å². The molecule has 2 aromatic rings. The van der Waals surface area contributed by atoms with Gasteiger partial charge in [0.05, 0.1) is 7.11 Å². The second kappa shape index (κ2) is 9.27. The molecule has 1 fully saturated rings. The van der Waals surface area contributed by atoms with Gasteiger partial charge in [0.15, 0.2) is 0 Å². The molecule has 1 saturated heterocycles. The molecule has 2 aliphatic rings. The van der Waals surface area contributed by atoms with E-state index in [0.29, 0.717) is 6.04 Å². The van der Waals surface area contributed by atoms with Crippen molar-refractivity contribution in [3.63, 3.8) is 0 Å². The first kappa shape index (κ1) is 19.7. The third-order valence-electron chi connectivity index (χ3n) is 6.24. The first-order valence-electron chi connectivity index (χ1n) is 10.6. The number of allylic oxidation sites excluding steroid dienone is 1. The summed E-state index contributed by atoms with van der Waals surface area (Å²) in [6.07, 6.45) is 8.17. The van der Waals surface area contributed by atoms with E-state index in [0.717, 1.165) is 50.2 Å². The van der Waals surface area contributed by atoms with Crippen molar-refractivity contribution in [3.8, 4) is 5.75 Å². The summed E-state index contributed by atoms with van der Waals surface area (Å²) < 4.78 is 5.31. The van der Waals surface area contributed by atoms with Gasteiger partial charge in [-0.3, -0.25) is 9.69 Å². The van der Waals surface area contributed by atoms with Gasteiger partial charge in [-0.15, -0.1) is 0 Å². The third-order valence-corrected chi connectivity index (χ3v) is 6.24. The number of hydrogen-bond acceptors (Lipinski definition) is 4. The molecule has 0 radical (unpaired) electrons. The fourth-order valence-electron chi connectivity index (χ4n) is 4.53. The van der Waals surface area contributed by atoms with Crippen molar-refractivity contribution < 1.29 is 9.53 Å². The molecule has 0 bridgehead atoms. The molecule has 0 aromatic heterocycles. The van der Waals surface area contributed by atoms with Crippen LogP contribution in [0.2, 0.25) is 0 Å². The summed E-state index contributed by atoms with van der Waals surface area (Å²) >= 11 is 0. The number of carbonyl (C=O) groups excluding carboxylic acids is 1. The maximum atomic E-state index is 10.9. The van der Waals surface area contributed by atoms with Crippen molar-refractivity contribution in [2.24, 2.45) is 0 Å². The van der Waals surface area contributed by atoms with Crippen LogP contribution in [-0.4, -0.2) is 50.5 Å². The Hall–Kier alpha value is -2.59. The second-order valence-electron chi connectivity index (χ2n) is 7.97. The lowest BCUT2D eigenvalue weighted by Crippen LogP contribution is -2.51. The highest BCUT2D eigenvalue weighted by Gasteiger charge is 2.27. The van der Waals surface area contributed by atoms with Crippen molar-refractivity contribution in [2.45, 2.75) is 31.7 Å². The van der Waals surface area contributed by atoms with Gasteiger partial charge in [0.2, 0.25) is 0 Å². The van der Waals surface area contributed by atoms with Gasteiger partial charge in [-0.1, -0.05) is 23.8 Å². The first-order chi connectivity index (χ1) is 14.3. The minimum absolute atomic E-state index is 0.491. The van der Waals surface area contributed by atoms with Crippen LogP contribution in [0.25, 0.3) is 0 Å². The molecule has 29 heavy (non-hydrogen) atoms. The number of aldehydes is 1. The summed E-state index contributed by atoms with van der Waals surface area (Å²) in [7, 11) is 1.72. The van der Waals surface area contributed by atoms with E-state index in [4.69, 9.17) is 4.74 Å². The molecule has 1 aliphatic heterocycles. The number of ether oxygens (including phenoxy) is 1. The average molecular weight is 391 g/mol. The van der Waals surface area contributed by atoms with Crippen LogP contribution >= 0.6 is 0 Å². The zero-order valence-electron chi connectivity index (χ0n) is 17.2. The van der Waals surface area contributed by atoms with E-state index in [1.54, 1.807) is 12.7 Å². The molecular formula is C25H30N2O2. The van der Waals surface area contributed by atoms with E-state index in [9.17, 15) is 4.79 Å². The van der Waals surface area contributed by atoms with Crippen LogP contribution < -0.4 is 9.64 Å². The quantitative estimate of drug-likeness (QED) is 0.520. The Morgan fingerprint density at radius 1 is 1.00 bits per heavy atom. The Bertz CT molecular complexity index is 834. The number of methoxy groups -OCH3 is 1. The van der Waals surface area contributed by atoms with Gasteiger partial charge in [-0.05, 0) is 67.6 Å². The van der Waals surface area contributed by atoms with Gasteiger partial charge < -0.3 is 9.64 Å². The van der Waals surface area contributed by atoms with Crippen LogP contribution in [0.15, 0.2) is 60.2 Å². The number of carbonyl (C=O) groups is 1. The largest absolute Gasteiger partial charge is 0.497 e. The number of benzene rings is 2. The standard InChI is InChI=1S/C25H30N2O2/c1-29-24-12-8-20(9-13-24)18-25(22-4-2-3-5-22)27-16-14-26(15-17-27)23-10-6-21(19-28)7-11-23/h4,6-13,19,25H,2-3,5,14-18H2,1H3. The van der Waals surface area contributed by atoms with E-state index >= 15 is 0 Å². The van der Waals surface area contributed by atoms with E-state index in [1.165, 1.54) is 30.5 Å². The Balaban J connectivity index is 1.43. The zero-order chi connectivity index (χ0) is 20.1. The number of piperazine rings is 1. The van der Waals surface area contributed by atoms with Gasteiger partial charge in [-0.2, -0.15) is 0 Å². The lowest BCUT2D eigenvalue weighted by atomic mass is 9.96. The topological polar surface area (TPSA) is 32.8 Å². The van der Waals surface area contributed by atoms with E-state index < -0.39 is 0 Å². The summed E-state index contributed by atoms with van der Waals surface area (Å²) in [6, 6.07) is 17.0. The molecule has 0 spiro atoms. The predicted molar refractivity (Wildman–Crippen MR) is 118 cm³/mol. The van der Waals surface area contributed by atoms with Crippen molar-refractivity contribution in [1.82, 2.24) is 4.90 Å². The zero-order valence-corrected chi connectivity index (χ0v) is 17.2. The van der Waals surface area contributed by atoms with Gasteiger partial charge >= 0.3 is 0 Å². The fraction of sp³-hybridized carbons (Fsp3) is 0.400. The van der Waals surface area contributed by atoms with Gasteiger partial charge in [0.1, 0.15) is 12.0 Å². The van der Waals surface area contributed by atoms with Crippen LogP contribution in [0.4, 0.5) is 5.69 Å². The van der Waals surface area contributed by atoms with Crippen molar-refractivity contribution in [3.05, 3.63) is 71.3 Å². The van der Waals surface area contributed by atoms with Crippen LogP contribution in [0.5, 0.6) is 5.75 Å². The summed E-state index contributed by atoms with van der Waals surface area (Å²) in [4.78, 5) is 16.0. The smallest absolute Gasteiger partial charge is 0.150 e. The van der Waals surface area contributed by atoms with Crippen molar-refractivity contribution in [2.75, 3.05) is 38.2 Å². The van der Waals surface area contributed by atoms with Crippen LogP contribution in [0.1, 0.15) is 35.2 Å². The minimum Gasteiger partial charge on any atom is -0.497 e. The highest BCUT2D eigenvalue weighted by atomic mass is 16.5. The molecule has 0 N–H and O–H groups in total. The van der Waals surface area contributed by atoms with Gasteiger partial charge in [0.25, 0.3) is 0 Å². The predicted octanol–water partition coefficient (Wildman–Crippen LogP) is 4.35. The van der Waals surface area contributed by atoms with Crippen LogP contribution in [-0.2, 0) is 6.42 Å². The summed E-state index contributed by atoms with van der Waals surface area (Å²) in [5, 5.41) is 0. The van der Waals surface area contributed by atoms with E-state index in [2.05, 4.69) is 52.3 Å². The molecule has 0 amide bonds. The molecule has 1 aliphatic carbocycles. The molecule has 2 aromatic carbocycles. The first-order valence-corrected chi connectivity index (χ1v) is 10.6. The number of hydrogen-bond donors (Lipinski definition) is 0. The van der Waals surface area contributed by atoms with Crippen molar-refractivity contribution in [1.29, 1.82) is 0 Å². The molecule has 0 saturated carbocycles. The normalized spacial score (nSPS) is 18.4. The third kappa shape index (κ3) is 4.70. The molecule has 4 nitrogen and oxygen atoms in total. The molecule has 1 unspecified atom stereocenters. The van der Waals surface area contributed by atoms with Crippen LogP contribution in [0, 0.1) is 0 Å². The molecule has 1 heterocycles. The molecule has 4 rings (SSSR count). The Labute approximate surface area is 173 Å². The highest BCUT2D eigenvalue weighted by Crippen LogP contribution is 2.29.